The van der Waals surface area contributed by atoms with Gasteiger partial charge in [0.2, 0.25) is 0 Å². The molecule has 0 aliphatic carbocycles. The van der Waals surface area contributed by atoms with Gasteiger partial charge in [-0.15, -0.1) is 0 Å². The van der Waals surface area contributed by atoms with E-state index in [2.05, 4.69) is 22.1 Å². The molecule has 0 saturated carbocycles. The van der Waals surface area contributed by atoms with E-state index >= 15 is 0 Å². The quantitative estimate of drug-likeness (QED) is 0.804. The number of pyridine rings is 1. The van der Waals surface area contributed by atoms with Gasteiger partial charge in [-0.3, -0.25) is 10.1 Å². The zero-order valence-electron chi connectivity index (χ0n) is 8.47. The van der Waals surface area contributed by atoms with Crippen molar-refractivity contribution in [2.24, 2.45) is 0 Å². The van der Waals surface area contributed by atoms with Gasteiger partial charge in [0.25, 0.3) is 0 Å². The van der Waals surface area contributed by atoms with E-state index in [1.54, 1.807) is 12.4 Å². The highest BCUT2D eigenvalue weighted by atomic mass is 32.1. The second-order valence-electron chi connectivity index (χ2n) is 3.22. The van der Waals surface area contributed by atoms with Crippen molar-refractivity contribution in [3.8, 4) is 0 Å². The molecule has 0 aliphatic heterocycles. The Hall–Kier alpha value is -1.49. The Morgan fingerprint density at radius 1 is 1.40 bits per heavy atom. The molecule has 15 heavy (non-hydrogen) atoms. The summed E-state index contributed by atoms with van der Waals surface area (Å²) in [6.45, 7) is 2.90. The third-order valence-corrected chi connectivity index (χ3v) is 2.58. The molecule has 0 aromatic carbocycles. The zero-order valence-corrected chi connectivity index (χ0v) is 9.29. The van der Waals surface area contributed by atoms with Crippen molar-refractivity contribution < 1.29 is 0 Å². The van der Waals surface area contributed by atoms with Crippen molar-refractivity contribution in [3.05, 3.63) is 40.7 Å². The minimum atomic E-state index is 0.682. The van der Waals surface area contributed by atoms with Crippen LogP contribution in [-0.2, 0) is 13.0 Å². The van der Waals surface area contributed by atoms with E-state index in [-0.39, 0.29) is 0 Å². The molecule has 0 radical (unpaired) electrons. The molecule has 0 spiro atoms. The van der Waals surface area contributed by atoms with E-state index in [0.29, 0.717) is 4.77 Å². The van der Waals surface area contributed by atoms with Gasteiger partial charge >= 0.3 is 0 Å². The minimum Gasteiger partial charge on any atom is -0.304 e. The van der Waals surface area contributed by atoms with E-state index in [1.165, 1.54) is 5.56 Å². The molecule has 5 heteroatoms. The molecule has 0 amide bonds. The van der Waals surface area contributed by atoms with Crippen LogP contribution >= 0.6 is 12.2 Å². The fourth-order valence-electron chi connectivity index (χ4n) is 1.49. The standard InChI is InChI=1S/C10H12N4S/c1-2-14-9(12-13-10(14)15)7-8-3-5-11-6-4-8/h3-6H,2,7H2,1H3,(H,13,15). The first-order chi connectivity index (χ1) is 7.31. The molecule has 78 valence electrons. The van der Waals surface area contributed by atoms with Gasteiger partial charge in [-0.1, -0.05) is 0 Å². The van der Waals surface area contributed by atoms with Crippen LogP contribution in [0.5, 0.6) is 0 Å². The smallest absolute Gasteiger partial charge is 0.195 e. The highest BCUT2D eigenvalue weighted by Gasteiger charge is 2.04. The van der Waals surface area contributed by atoms with Crippen molar-refractivity contribution >= 4 is 12.2 Å². The summed E-state index contributed by atoms with van der Waals surface area (Å²) >= 11 is 5.12. The van der Waals surface area contributed by atoms with Crippen LogP contribution in [0.3, 0.4) is 0 Å². The van der Waals surface area contributed by atoms with Gasteiger partial charge in [0, 0.05) is 25.4 Å². The molecule has 2 heterocycles. The van der Waals surface area contributed by atoms with Gasteiger partial charge in [-0.2, -0.15) is 5.10 Å². The highest BCUT2D eigenvalue weighted by Crippen LogP contribution is 2.06. The van der Waals surface area contributed by atoms with Crippen molar-refractivity contribution in [1.82, 2.24) is 19.7 Å². The summed E-state index contributed by atoms with van der Waals surface area (Å²) in [5.41, 5.74) is 1.19. The van der Waals surface area contributed by atoms with E-state index in [4.69, 9.17) is 12.2 Å². The van der Waals surface area contributed by atoms with Gasteiger partial charge in [0.15, 0.2) is 4.77 Å². The molecule has 0 fully saturated rings. The predicted molar refractivity (Wildman–Crippen MR) is 60.1 cm³/mol. The van der Waals surface area contributed by atoms with Crippen LogP contribution in [0.1, 0.15) is 18.3 Å². The highest BCUT2D eigenvalue weighted by molar-refractivity contribution is 7.71. The Kier molecular flexibility index (Phi) is 2.91. The van der Waals surface area contributed by atoms with Crippen LogP contribution in [0, 0.1) is 4.77 Å². The van der Waals surface area contributed by atoms with Gasteiger partial charge in [-0.05, 0) is 36.8 Å². The van der Waals surface area contributed by atoms with Gasteiger partial charge in [-0.25, -0.2) is 0 Å². The van der Waals surface area contributed by atoms with Crippen LogP contribution in [0.2, 0.25) is 0 Å². The minimum absolute atomic E-state index is 0.682. The number of nitrogens with one attached hydrogen (secondary N) is 1. The van der Waals surface area contributed by atoms with Crippen molar-refractivity contribution in [2.75, 3.05) is 0 Å². The van der Waals surface area contributed by atoms with Crippen molar-refractivity contribution in [2.45, 2.75) is 19.9 Å². The van der Waals surface area contributed by atoms with E-state index in [1.807, 2.05) is 16.7 Å². The van der Waals surface area contributed by atoms with E-state index in [9.17, 15) is 0 Å². The molecular formula is C10H12N4S. The fraction of sp³-hybridized carbons (Fsp3) is 0.300. The SMILES string of the molecule is CCn1c(Cc2ccncc2)n[nH]c1=S. The Labute approximate surface area is 93.0 Å². The molecule has 4 nitrogen and oxygen atoms in total. The Bertz CT molecular complexity index is 486. The third kappa shape index (κ3) is 2.12. The molecule has 2 aromatic heterocycles. The summed E-state index contributed by atoms with van der Waals surface area (Å²) in [6.07, 6.45) is 4.35. The van der Waals surface area contributed by atoms with Gasteiger partial charge in [0.1, 0.15) is 5.82 Å². The number of rotatable bonds is 3. The fourth-order valence-corrected chi connectivity index (χ4v) is 1.77. The molecule has 0 saturated heterocycles. The molecule has 0 aliphatic rings. The number of hydrogen-bond donors (Lipinski definition) is 1. The Morgan fingerprint density at radius 3 is 2.80 bits per heavy atom. The lowest BCUT2D eigenvalue weighted by Gasteiger charge is -2.02. The maximum atomic E-state index is 5.12. The summed E-state index contributed by atoms with van der Waals surface area (Å²) in [5, 5.41) is 7.02. The van der Waals surface area contributed by atoms with Crippen LogP contribution in [0.4, 0.5) is 0 Å². The lowest BCUT2D eigenvalue weighted by molar-refractivity contribution is 0.704. The molecule has 0 atom stereocenters. The Morgan fingerprint density at radius 2 is 2.13 bits per heavy atom. The third-order valence-electron chi connectivity index (χ3n) is 2.27. The molecule has 0 bridgehead atoms. The van der Waals surface area contributed by atoms with Gasteiger partial charge in [0.05, 0.1) is 0 Å². The lowest BCUT2D eigenvalue weighted by atomic mass is 10.2. The average molecular weight is 220 g/mol. The number of hydrogen-bond acceptors (Lipinski definition) is 3. The first-order valence-electron chi connectivity index (χ1n) is 4.84. The first kappa shape index (κ1) is 10.0. The summed E-state index contributed by atoms with van der Waals surface area (Å²) in [4.78, 5) is 3.98. The van der Waals surface area contributed by atoms with Gasteiger partial charge < -0.3 is 4.57 Å². The van der Waals surface area contributed by atoms with Crippen LogP contribution < -0.4 is 0 Å². The van der Waals surface area contributed by atoms with Crippen LogP contribution in [0.25, 0.3) is 0 Å². The van der Waals surface area contributed by atoms with Crippen molar-refractivity contribution in [3.63, 3.8) is 0 Å². The molecule has 2 rings (SSSR count). The first-order valence-corrected chi connectivity index (χ1v) is 5.25. The van der Waals surface area contributed by atoms with Crippen molar-refractivity contribution in [1.29, 1.82) is 0 Å². The number of aromatic amines is 1. The topological polar surface area (TPSA) is 46.5 Å². The molecule has 0 unspecified atom stereocenters. The monoisotopic (exact) mass is 220 g/mol. The predicted octanol–water partition coefficient (Wildman–Crippen LogP) is 1.95. The number of aromatic nitrogens is 4. The summed E-state index contributed by atoms with van der Waals surface area (Å²) < 4.78 is 2.68. The zero-order chi connectivity index (χ0) is 10.7. The maximum Gasteiger partial charge on any atom is 0.195 e. The Balaban J connectivity index is 2.29. The maximum absolute atomic E-state index is 5.12. The lowest BCUT2D eigenvalue weighted by Crippen LogP contribution is -2.02. The normalized spacial score (nSPS) is 10.5. The second kappa shape index (κ2) is 4.35. The largest absolute Gasteiger partial charge is 0.304 e. The molecule has 2 aromatic rings. The molecule has 1 N–H and O–H groups in total. The summed E-state index contributed by atoms with van der Waals surface area (Å²) in [5.74, 6) is 0.966. The van der Waals surface area contributed by atoms with E-state index in [0.717, 1.165) is 18.8 Å². The van der Waals surface area contributed by atoms with Crippen LogP contribution in [-0.4, -0.2) is 19.7 Å². The molecular weight excluding hydrogens is 208 g/mol. The van der Waals surface area contributed by atoms with E-state index < -0.39 is 0 Å². The number of nitrogens with zero attached hydrogens (tertiary/aromatic N) is 3. The average Bonchev–Trinajstić information content (AvgIpc) is 2.61. The summed E-state index contributed by atoms with van der Waals surface area (Å²) in [6, 6.07) is 3.97. The van der Waals surface area contributed by atoms with Crippen LogP contribution in [0.15, 0.2) is 24.5 Å². The summed E-state index contributed by atoms with van der Waals surface area (Å²) in [7, 11) is 0. The second-order valence-corrected chi connectivity index (χ2v) is 3.61. The number of H-pyrrole nitrogens is 1.